The second kappa shape index (κ2) is 5.94. The van der Waals surface area contributed by atoms with Crippen LogP contribution < -0.4 is 5.32 Å². The molecule has 3 rings (SSSR count). The zero-order chi connectivity index (χ0) is 15.7. The maximum absolute atomic E-state index is 12.2. The maximum Gasteiger partial charge on any atom is 0.271 e. The van der Waals surface area contributed by atoms with Gasteiger partial charge in [0.1, 0.15) is 11.5 Å². The maximum atomic E-state index is 12.2. The highest BCUT2D eigenvalue weighted by Crippen LogP contribution is 2.26. The first-order chi connectivity index (χ1) is 10.5. The fraction of sp³-hybridized carbons (Fsp3) is 0.562. The van der Waals surface area contributed by atoms with Gasteiger partial charge in [0.2, 0.25) is 0 Å². The van der Waals surface area contributed by atoms with Crippen LogP contribution in [0.15, 0.2) is 18.7 Å². The molecule has 3 heterocycles. The monoisotopic (exact) mass is 301 g/mol. The summed E-state index contributed by atoms with van der Waals surface area (Å²) in [6.07, 6.45) is 7.79. The smallest absolute Gasteiger partial charge is 0.271 e. The van der Waals surface area contributed by atoms with Gasteiger partial charge in [-0.1, -0.05) is 0 Å². The first-order valence-corrected chi connectivity index (χ1v) is 7.90. The minimum atomic E-state index is -0.111. The van der Waals surface area contributed by atoms with E-state index in [1.807, 2.05) is 11.5 Å². The summed E-state index contributed by atoms with van der Waals surface area (Å²) in [5, 5.41) is 3.00. The second-order valence-corrected chi connectivity index (χ2v) is 6.28. The Morgan fingerprint density at radius 1 is 1.45 bits per heavy atom. The molecule has 0 fully saturated rings. The lowest BCUT2D eigenvalue weighted by molar-refractivity contribution is 0.0944. The number of rotatable bonds is 4. The van der Waals surface area contributed by atoms with E-state index in [0.29, 0.717) is 24.2 Å². The lowest BCUT2D eigenvalue weighted by Crippen LogP contribution is -2.31. The first-order valence-electron chi connectivity index (χ1n) is 7.90. The van der Waals surface area contributed by atoms with Gasteiger partial charge < -0.3 is 14.5 Å². The molecule has 22 heavy (non-hydrogen) atoms. The summed E-state index contributed by atoms with van der Waals surface area (Å²) in [5.41, 5.74) is 1.52. The summed E-state index contributed by atoms with van der Waals surface area (Å²) < 4.78 is 4.15. The molecule has 0 spiro atoms. The van der Waals surface area contributed by atoms with Gasteiger partial charge in [-0.2, -0.15) is 0 Å². The largest absolute Gasteiger partial charge is 0.350 e. The van der Waals surface area contributed by atoms with Crippen LogP contribution in [0.2, 0.25) is 0 Å². The molecule has 0 saturated heterocycles. The molecule has 0 aliphatic carbocycles. The van der Waals surface area contributed by atoms with E-state index in [9.17, 15) is 4.79 Å². The number of hydrogen-bond acceptors (Lipinski definition) is 3. The van der Waals surface area contributed by atoms with Crippen LogP contribution in [0.3, 0.4) is 0 Å². The van der Waals surface area contributed by atoms with E-state index in [1.165, 1.54) is 0 Å². The molecule has 0 unspecified atom stereocenters. The van der Waals surface area contributed by atoms with Gasteiger partial charge in [0.15, 0.2) is 0 Å². The van der Waals surface area contributed by atoms with E-state index < -0.39 is 0 Å². The van der Waals surface area contributed by atoms with Crippen molar-refractivity contribution < 1.29 is 4.79 Å². The predicted octanol–water partition coefficient (Wildman–Crippen LogP) is 2.28. The number of aryl methyl sites for hydroxylation is 2. The van der Waals surface area contributed by atoms with Crippen molar-refractivity contribution in [3.8, 4) is 0 Å². The fourth-order valence-electron chi connectivity index (χ4n) is 2.94. The van der Waals surface area contributed by atoms with Gasteiger partial charge in [-0.15, -0.1) is 0 Å². The van der Waals surface area contributed by atoms with E-state index in [0.717, 1.165) is 30.9 Å². The minimum Gasteiger partial charge on any atom is -0.350 e. The number of fused-ring (bicyclic) bond motifs is 1. The number of hydrogen-bond donors (Lipinski definition) is 1. The number of carbonyl (C=O) groups is 1. The van der Waals surface area contributed by atoms with Gasteiger partial charge in [0, 0.05) is 37.4 Å². The van der Waals surface area contributed by atoms with Crippen molar-refractivity contribution in [2.75, 3.05) is 6.54 Å². The van der Waals surface area contributed by atoms with E-state index in [4.69, 9.17) is 0 Å². The van der Waals surface area contributed by atoms with E-state index in [1.54, 1.807) is 12.5 Å². The molecule has 1 N–H and O–H groups in total. The van der Waals surface area contributed by atoms with Gasteiger partial charge in [0.05, 0.1) is 12.0 Å². The predicted molar refractivity (Wildman–Crippen MR) is 83.9 cm³/mol. The molecule has 0 bridgehead atoms. The molecule has 0 radical (unpaired) electrons. The fourth-order valence-corrected chi connectivity index (χ4v) is 2.94. The van der Waals surface area contributed by atoms with Crippen LogP contribution in [-0.4, -0.2) is 31.6 Å². The summed E-state index contributed by atoms with van der Waals surface area (Å²) in [7, 11) is 0. The third-order valence-corrected chi connectivity index (χ3v) is 4.18. The normalized spacial score (nSPS) is 17.5. The molecule has 6 nitrogen and oxygen atoms in total. The number of carbonyl (C=O) groups excluding carboxylic acids is 1. The third-order valence-electron chi connectivity index (χ3n) is 4.18. The summed E-state index contributed by atoms with van der Waals surface area (Å²) in [6.45, 7) is 7.78. The van der Waals surface area contributed by atoms with Gasteiger partial charge in [-0.25, -0.2) is 9.97 Å². The van der Waals surface area contributed by atoms with Crippen molar-refractivity contribution in [1.29, 1.82) is 0 Å². The van der Waals surface area contributed by atoms with Gasteiger partial charge >= 0.3 is 0 Å². The molecule has 0 aromatic carbocycles. The van der Waals surface area contributed by atoms with Crippen molar-refractivity contribution in [2.45, 2.75) is 52.1 Å². The Hall–Kier alpha value is -2.11. The Morgan fingerprint density at radius 2 is 2.27 bits per heavy atom. The Kier molecular flexibility index (Phi) is 4.00. The number of nitrogens with one attached hydrogen (secondary N) is 1. The topological polar surface area (TPSA) is 64.7 Å². The average Bonchev–Trinajstić information content (AvgIpc) is 3.10. The Morgan fingerprint density at radius 3 is 3.00 bits per heavy atom. The SMILES string of the molecule is Cc1cn2c(n1)[C@H](CNC(=O)c1cn(C(C)C)cn1)CCC2. The van der Waals surface area contributed by atoms with Crippen LogP contribution in [0.25, 0.3) is 0 Å². The number of imidazole rings is 2. The molecule has 118 valence electrons. The molecule has 6 heteroatoms. The Labute approximate surface area is 130 Å². The molecule has 2 aromatic rings. The molecule has 1 amide bonds. The zero-order valence-electron chi connectivity index (χ0n) is 13.4. The third kappa shape index (κ3) is 2.91. The molecular formula is C16H23N5O. The van der Waals surface area contributed by atoms with Crippen LogP contribution in [0.4, 0.5) is 0 Å². The standard InChI is InChI=1S/C16H23N5O/c1-11(2)21-9-14(18-10-21)16(22)17-7-13-5-4-6-20-8-12(3)19-15(13)20/h8-11,13H,4-7H2,1-3H3,(H,17,22)/t13-/m0/s1. The van der Waals surface area contributed by atoms with Crippen molar-refractivity contribution >= 4 is 5.91 Å². The second-order valence-electron chi connectivity index (χ2n) is 6.28. The van der Waals surface area contributed by atoms with Crippen molar-refractivity contribution in [3.63, 3.8) is 0 Å². The van der Waals surface area contributed by atoms with Crippen LogP contribution in [-0.2, 0) is 6.54 Å². The average molecular weight is 301 g/mol. The Balaban J connectivity index is 1.64. The van der Waals surface area contributed by atoms with Crippen LogP contribution in [0.1, 0.15) is 60.7 Å². The van der Waals surface area contributed by atoms with Gasteiger partial charge in [0.25, 0.3) is 5.91 Å². The van der Waals surface area contributed by atoms with E-state index in [2.05, 4.69) is 39.9 Å². The van der Waals surface area contributed by atoms with Crippen LogP contribution in [0, 0.1) is 6.92 Å². The minimum absolute atomic E-state index is 0.111. The lowest BCUT2D eigenvalue weighted by Gasteiger charge is -2.23. The lowest BCUT2D eigenvalue weighted by atomic mass is 9.99. The van der Waals surface area contributed by atoms with Crippen LogP contribution >= 0.6 is 0 Å². The highest BCUT2D eigenvalue weighted by Gasteiger charge is 2.23. The molecule has 1 atom stereocenters. The Bertz CT molecular complexity index is 670. The highest BCUT2D eigenvalue weighted by molar-refractivity contribution is 5.92. The summed E-state index contributed by atoms with van der Waals surface area (Å²) >= 11 is 0. The quantitative estimate of drug-likeness (QED) is 0.942. The zero-order valence-corrected chi connectivity index (χ0v) is 13.4. The summed E-state index contributed by atoms with van der Waals surface area (Å²) in [6, 6.07) is 0.308. The van der Waals surface area contributed by atoms with E-state index >= 15 is 0 Å². The summed E-state index contributed by atoms with van der Waals surface area (Å²) in [5.74, 6) is 1.27. The molecule has 1 aliphatic heterocycles. The van der Waals surface area contributed by atoms with Gasteiger partial charge in [-0.05, 0) is 33.6 Å². The first kappa shape index (κ1) is 14.8. The number of amides is 1. The molecule has 1 aliphatic rings. The van der Waals surface area contributed by atoms with Crippen molar-refractivity contribution in [2.24, 2.45) is 0 Å². The van der Waals surface area contributed by atoms with Gasteiger partial charge in [-0.3, -0.25) is 4.79 Å². The number of aromatic nitrogens is 4. The van der Waals surface area contributed by atoms with E-state index in [-0.39, 0.29) is 5.91 Å². The highest BCUT2D eigenvalue weighted by atomic mass is 16.1. The van der Waals surface area contributed by atoms with Crippen molar-refractivity contribution in [3.05, 3.63) is 35.9 Å². The van der Waals surface area contributed by atoms with Crippen molar-refractivity contribution in [1.82, 2.24) is 24.4 Å². The molecule has 0 saturated carbocycles. The number of nitrogens with zero attached hydrogens (tertiary/aromatic N) is 4. The molecule has 2 aromatic heterocycles. The molecular weight excluding hydrogens is 278 g/mol. The summed E-state index contributed by atoms with van der Waals surface area (Å²) in [4.78, 5) is 21.0. The van der Waals surface area contributed by atoms with Crippen LogP contribution in [0.5, 0.6) is 0 Å².